The van der Waals surface area contributed by atoms with E-state index in [1.807, 2.05) is 0 Å². The smallest absolute Gasteiger partial charge is 0.462 e. The highest BCUT2D eigenvalue weighted by atomic mass is 31.2. The van der Waals surface area contributed by atoms with Gasteiger partial charge in [0.2, 0.25) is 0 Å². The first-order valence-corrected chi connectivity index (χ1v) is 26.7. The summed E-state index contributed by atoms with van der Waals surface area (Å²) in [5, 5.41) is 0. The summed E-state index contributed by atoms with van der Waals surface area (Å²) in [5.41, 5.74) is 0. The lowest BCUT2D eigenvalue weighted by atomic mass is 10.1. The molecule has 0 aliphatic carbocycles. The van der Waals surface area contributed by atoms with Crippen molar-refractivity contribution in [1.82, 2.24) is 0 Å². The Labute approximate surface area is 381 Å². The van der Waals surface area contributed by atoms with Crippen LogP contribution in [0.25, 0.3) is 0 Å². The molecule has 62 heavy (non-hydrogen) atoms. The Balaban J connectivity index is 4.03. The van der Waals surface area contributed by atoms with Crippen LogP contribution in [0.4, 0.5) is 0 Å². The molecule has 0 fully saturated rings. The lowest BCUT2D eigenvalue weighted by Crippen LogP contribution is -2.29. The molecule has 0 spiro atoms. The van der Waals surface area contributed by atoms with Gasteiger partial charge < -0.3 is 14.4 Å². The van der Waals surface area contributed by atoms with Crippen molar-refractivity contribution in [2.24, 2.45) is 0 Å². The molecular weight excluding hydrogens is 796 g/mol. The van der Waals surface area contributed by atoms with Crippen LogP contribution in [0, 0.1) is 0 Å². The zero-order valence-corrected chi connectivity index (χ0v) is 40.9. The van der Waals surface area contributed by atoms with Gasteiger partial charge in [0.1, 0.15) is 6.61 Å². The summed E-state index contributed by atoms with van der Waals surface area (Å²) >= 11 is 0. The maximum atomic E-state index is 12.6. The number of allylic oxidation sites excluding steroid dienone is 12. The molecule has 0 aliphatic rings. The van der Waals surface area contributed by atoms with Gasteiger partial charge in [0.15, 0.2) is 6.10 Å². The molecule has 0 aromatic rings. The highest BCUT2D eigenvalue weighted by Crippen LogP contribution is 2.43. The minimum Gasteiger partial charge on any atom is -0.462 e. The van der Waals surface area contributed by atoms with Crippen LogP contribution in [0.2, 0.25) is 0 Å². The molecule has 0 aliphatic heterocycles. The van der Waals surface area contributed by atoms with E-state index in [1.54, 1.807) is 6.92 Å². The molecule has 0 saturated carbocycles. The Kier molecular flexibility index (Phi) is 46.0. The number of hydrogen-bond acceptors (Lipinski definition) is 7. The van der Waals surface area contributed by atoms with Crippen molar-refractivity contribution in [3.05, 3.63) is 72.9 Å². The van der Waals surface area contributed by atoms with Gasteiger partial charge >= 0.3 is 19.8 Å². The Morgan fingerprint density at radius 1 is 0.452 bits per heavy atom. The van der Waals surface area contributed by atoms with E-state index in [0.717, 1.165) is 77.0 Å². The Morgan fingerprint density at radius 2 is 0.823 bits per heavy atom. The zero-order chi connectivity index (χ0) is 45.3. The third-order valence-corrected chi connectivity index (χ3v) is 11.6. The molecule has 0 rings (SSSR count). The number of ether oxygens (including phenoxy) is 2. The SMILES string of the molecule is CC/C=C\C/C=C\C/C=C\C/C=C\CCCCCCCCCCC(=O)OC(COC(=O)CCCCCCCCCCC/C=C\C/C=C\CCCCCCC)COP(=O)(O)OCC. The Hall–Kier alpha value is -2.51. The average Bonchev–Trinajstić information content (AvgIpc) is 3.25. The van der Waals surface area contributed by atoms with Crippen LogP contribution in [0.5, 0.6) is 0 Å². The predicted octanol–water partition coefficient (Wildman–Crippen LogP) is 16.5. The van der Waals surface area contributed by atoms with Gasteiger partial charge in [-0.1, -0.05) is 196 Å². The first-order chi connectivity index (χ1) is 30.3. The zero-order valence-electron chi connectivity index (χ0n) is 40.0. The van der Waals surface area contributed by atoms with Crippen molar-refractivity contribution in [2.75, 3.05) is 19.8 Å². The van der Waals surface area contributed by atoms with E-state index >= 15 is 0 Å². The largest absolute Gasteiger partial charge is 0.472 e. The fraction of sp³-hybridized carbons (Fsp3) is 0.736. The highest BCUT2D eigenvalue weighted by molar-refractivity contribution is 7.47. The molecule has 0 aromatic heterocycles. The molecule has 8 nitrogen and oxygen atoms in total. The lowest BCUT2D eigenvalue weighted by Gasteiger charge is -2.19. The molecule has 0 aromatic carbocycles. The van der Waals surface area contributed by atoms with Crippen molar-refractivity contribution >= 4 is 19.8 Å². The number of phosphoric acid groups is 1. The maximum absolute atomic E-state index is 12.6. The number of unbranched alkanes of at least 4 members (excludes halogenated alkanes) is 22. The third kappa shape index (κ3) is 47.0. The minimum absolute atomic E-state index is 0.00507. The number of rotatable bonds is 46. The van der Waals surface area contributed by atoms with Crippen LogP contribution in [0.3, 0.4) is 0 Å². The average molecular weight is 889 g/mol. The number of carbonyl (C=O) groups is 2. The van der Waals surface area contributed by atoms with Crippen molar-refractivity contribution in [2.45, 2.75) is 232 Å². The van der Waals surface area contributed by atoms with E-state index in [9.17, 15) is 19.0 Å². The standard InChI is InChI=1S/C53H93O8P/c1-4-7-9-11-13-15-17-19-21-23-25-27-29-31-33-35-37-39-41-43-45-47-52(54)58-49-51(50-60-62(56,57)59-6-3)61-53(55)48-46-44-42-40-38-36-34-32-30-28-26-24-22-20-18-16-14-12-10-8-5-2/h8,10,14,16-17,19-20,22-23,25-26,28,51H,4-7,9,11-13,15,18,21,24,27,29-50H2,1-3H3,(H,56,57)/b10-8-,16-14-,19-17-,22-20-,25-23-,28-26-. The molecule has 2 unspecified atom stereocenters. The van der Waals surface area contributed by atoms with E-state index < -0.39 is 26.5 Å². The first kappa shape index (κ1) is 59.5. The summed E-state index contributed by atoms with van der Waals surface area (Å²) in [7, 11) is -4.29. The van der Waals surface area contributed by atoms with Crippen molar-refractivity contribution in [1.29, 1.82) is 0 Å². The first-order valence-electron chi connectivity index (χ1n) is 25.2. The van der Waals surface area contributed by atoms with Gasteiger partial charge in [0.25, 0.3) is 0 Å². The van der Waals surface area contributed by atoms with Crippen LogP contribution in [-0.4, -0.2) is 42.8 Å². The molecule has 9 heteroatoms. The Bertz CT molecular complexity index is 1240. The molecule has 0 radical (unpaired) electrons. The topological polar surface area (TPSA) is 108 Å². The summed E-state index contributed by atoms with van der Waals surface area (Å²) < 4.78 is 32.8. The molecule has 0 bridgehead atoms. The van der Waals surface area contributed by atoms with Crippen LogP contribution in [0.1, 0.15) is 226 Å². The van der Waals surface area contributed by atoms with Gasteiger partial charge in [-0.25, -0.2) is 4.57 Å². The van der Waals surface area contributed by atoms with E-state index in [0.29, 0.717) is 6.42 Å². The number of esters is 2. The molecular formula is C53H93O8P. The number of phosphoric ester groups is 1. The molecule has 358 valence electrons. The fourth-order valence-corrected chi connectivity index (χ4v) is 7.58. The van der Waals surface area contributed by atoms with Gasteiger partial charge in [0, 0.05) is 12.8 Å². The van der Waals surface area contributed by atoms with Gasteiger partial charge in [-0.15, -0.1) is 0 Å². The highest BCUT2D eigenvalue weighted by Gasteiger charge is 2.25. The second kappa shape index (κ2) is 48.0. The molecule has 0 saturated heterocycles. The molecule has 0 amide bonds. The summed E-state index contributed by atoms with van der Waals surface area (Å²) in [6.45, 7) is 5.36. The van der Waals surface area contributed by atoms with Gasteiger partial charge in [-0.05, 0) is 90.4 Å². The van der Waals surface area contributed by atoms with Gasteiger partial charge in [-0.3, -0.25) is 18.6 Å². The second-order valence-electron chi connectivity index (χ2n) is 16.4. The van der Waals surface area contributed by atoms with E-state index in [-0.39, 0.29) is 32.0 Å². The molecule has 0 heterocycles. The van der Waals surface area contributed by atoms with E-state index in [1.165, 1.54) is 109 Å². The fourth-order valence-electron chi connectivity index (χ4n) is 6.83. The second-order valence-corrected chi connectivity index (χ2v) is 17.9. The third-order valence-electron chi connectivity index (χ3n) is 10.5. The van der Waals surface area contributed by atoms with Crippen molar-refractivity contribution in [3.63, 3.8) is 0 Å². The van der Waals surface area contributed by atoms with E-state index in [2.05, 4.69) is 86.8 Å². The van der Waals surface area contributed by atoms with Crippen LogP contribution in [-0.2, 0) is 32.7 Å². The lowest BCUT2D eigenvalue weighted by molar-refractivity contribution is -0.161. The summed E-state index contributed by atoms with van der Waals surface area (Å²) in [4.78, 5) is 34.9. The molecule has 2 atom stereocenters. The predicted molar refractivity (Wildman–Crippen MR) is 262 cm³/mol. The Morgan fingerprint density at radius 3 is 1.24 bits per heavy atom. The molecule has 1 N–H and O–H groups in total. The van der Waals surface area contributed by atoms with Gasteiger partial charge in [-0.2, -0.15) is 0 Å². The quantitative estimate of drug-likeness (QED) is 0.0279. The monoisotopic (exact) mass is 889 g/mol. The summed E-state index contributed by atoms with van der Waals surface area (Å²) in [6.07, 6.45) is 61.0. The maximum Gasteiger partial charge on any atom is 0.472 e. The van der Waals surface area contributed by atoms with Gasteiger partial charge in [0.05, 0.1) is 13.2 Å². The summed E-state index contributed by atoms with van der Waals surface area (Å²) in [5.74, 6) is -0.811. The number of hydrogen-bond donors (Lipinski definition) is 1. The normalized spacial score (nSPS) is 13.8. The summed E-state index contributed by atoms with van der Waals surface area (Å²) in [6, 6.07) is 0. The van der Waals surface area contributed by atoms with Crippen LogP contribution in [0.15, 0.2) is 72.9 Å². The van der Waals surface area contributed by atoms with Crippen molar-refractivity contribution < 1.29 is 37.6 Å². The van der Waals surface area contributed by atoms with Crippen LogP contribution < -0.4 is 0 Å². The number of carbonyl (C=O) groups excluding carboxylic acids is 2. The minimum atomic E-state index is -4.29. The van der Waals surface area contributed by atoms with Crippen LogP contribution >= 0.6 is 7.82 Å². The van der Waals surface area contributed by atoms with Crippen molar-refractivity contribution in [3.8, 4) is 0 Å². The van der Waals surface area contributed by atoms with E-state index in [4.69, 9.17) is 18.5 Å².